The lowest BCUT2D eigenvalue weighted by Crippen LogP contribution is -2.21. The summed E-state index contributed by atoms with van der Waals surface area (Å²) in [5, 5.41) is 0.733. The van der Waals surface area contributed by atoms with Crippen molar-refractivity contribution in [1.29, 1.82) is 0 Å². The van der Waals surface area contributed by atoms with Crippen molar-refractivity contribution < 1.29 is 0 Å². The molecule has 2 aromatic carbocycles. The van der Waals surface area contributed by atoms with Gasteiger partial charge < -0.3 is 0 Å². The van der Waals surface area contributed by atoms with E-state index in [4.69, 9.17) is 0 Å². The SMILES string of the molecule is Cc1ccc(-c2c(C)sc3ncn(Cc4ccccc4C)c(=O)c23)cc1C. The van der Waals surface area contributed by atoms with Crippen LogP contribution in [0.2, 0.25) is 0 Å². The second kappa shape index (κ2) is 6.78. The van der Waals surface area contributed by atoms with E-state index in [9.17, 15) is 4.79 Å². The van der Waals surface area contributed by atoms with Gasteiger partial charge in [0.15, 0.2) is 0 Å². The van der Waals surface area contributed by atoms with Crippen molar-refractivity contribution in [1.82, 2.24) is 9.55 Å². The van der Waals surface area contributed by atoms with Gasteiger partial charge in [0, 0.05) is 10.4 Å². The summed E-state index contributed by atoms with van der Waals surface area (Å²) in [5.74, 6) is 0. The van der Waals surface area contributed by atoms with Gasteiger partial charge in [-0.1, -0.05) is 42.5 Å². The van der Waals surface area contributed by atoms with Gasteiger partial charge in [0.05, 0.1) is 18.3 Å². The highest BCUT2D eigenvalue weighted by molar-refractivity contribution is 7.19. The normalized spacial score (nSPS) is 11.3. The summed E-state index contributed by atoms with van der Waals surface area (Å²) in [6.07, 6.45) is 1.68. The molecule has 27 heavy (non-hydrogen) atoms. The Bertz CT molecular complexity index is 1220. The fraction of sp³-hybridized carbons (Fsp3) is 0.217. The first-order valence-corrected chi connectivity index (χ1v) is 9.88. The maximum atomic E-state index is 13.3. The number of aryl methyl sites for hydroxylation is 4. The molecule has 0 aliphatic carbocycles. The minimum atomic E-state index is 0.0285. The molecule has 0 spiro atoms. The monoisotopic (exact) mass is 374 g/mol. The molecule has 0 saturated heterocycles. The summed E-state index contributed by atoms with van der Waals surface area (Å²) in [5.41, 5.74) is 6.95. The van der Waals surface area contributed by atoms with Gasteiger partial charge in [-0.15, -0.1) is 11.3 Å². The fourth-order valence-electron chi connectivity index (χ4n) is 3.47. The number of hydrogen-bond donors (Lipinski definition) is 0. The number of aromatic nitrogens is 2. The van der Waals surface area contributed by atoms with Gasteiger partial charge in [0.25, 0.3) is 5.56 Å². The fourth-order valence-corrected chi connectivity index (χ4v) is 4.47. The predicted octanol–water partition coefficient (Wildman–Crippen LogP) is 5.41. The van der Waals surface area contributed by atoms with E-state index in [1.54, 1.807) is 22.2 Å². The predicted molar refractivity (Wildman–Crippen MR) is 114 cm³/mol. The van der Waals surface area contributed by atoms with E-state index >= 15 is 0 Å². The van der Waals surface area contributed by atoms with E-state index in [2.05, 4.69) is 63.0 Å². The zero-order chi connectivity index (χ0) is 19.1. The number of hydrogen-bond acceptors (Lipinski definition) is 3. The summed E-state index contributed by atoms with van der Waals surface area (Å²) in [4.78, 5) is 19.9. The number of thiophene rings is 1. The van der Waals surface area contributed by atoms with E-state index in [0.717, 1.165) is 31.8 Å². The first-order chi connectivity index (χ1) is 13.0. The Morgan fingerprint density at radius 2 is 1.74 bits per heavy atom. The van der Waals surface area contributed by atoms with Crippen molar-refractivity contribution in [3.05, 3.63) is 86.3 Å². The molecular weight excluding hydrogens is 352 g/mol. The molecule has 0 aliphatic heterocycles. The Hall–Kier alpha value is -2.72. The molecular formula is C23H22N2OS. The quantitative estimate of drug-likeness (QED) is 0.481. The number of benzene rings is 2. The van der Waals surface area contributed by atoms with Gasteiger partial charge in [0.2, 0.25) is 0 Å². The van der Waals surface area contributed by atoms with Crippen LogP contribution in [-0.4, -0.2) is 9.55 Å². The van der Waals surface area contributed by atoms with Crippen molar-refractivity contribution in [2.75, 3.05) is 0 Å². The molecule has 2 aromatic heterocycles. The van der Waals surface area contributed by atoms with Crippen LogP contribution < -0.4 is 5.56 Å². The van der Waals surface area contributed by atoms with Gasteiger partial charge in [-0.05, 0) is 55.5 Å². The number of nitrogens with zero attached hydrogens (tertiary/aromatic N) is 2. The standard InChI is InChI=1S/C23H22N2OS/c1-14-9-10-18(11-16(14)3)20-17(4)27-22-21(20)23(26)25(13-24-22)12-19-8-6-5-7-15(19)2/h5-11,13H,12H2,1-4H3. The topological polar surface area (TPSA) is 34.9 Å². The van der Waals surface area contributed by atoms with Crippen LogP contribution in [0, 0.1) is 27.7 Å². The molecule has 2 heterocycles. The molecule has 0 amide bonds. The average Bonchev–Trinajstić information content (AvgIpc) is 2.98. The van der Waals surface area contributed by atoms with Crippen LogP contribution in [0.1, 0.15) is 27.1 Å². The van der Waals surface area contributed by atoms with Crippen LogP contribution >= 0.6 is 11.3 Å². The van der Waals surface area contributed by atoms with Crippen molar-refractivity contribution in [3.63, 3.8) is 0 Å². The van der Waals surface area contributed by atoms with Crippen LogP contribution in [0.4, 0.5) is 0 Å². The molecule has 0 bridgehead atoms. The first kappa shape index (κ1) is 17.7. The van der Waals surface area contributed by atoms with Crippen molar-refractivity contribution in [2.24, 2.45) is 0 Å². The summed E-state index contributed by atoms with van der Waals surface area (Å²) in [6.45, 7) is 8.89. The van der Waals surface area contributed by atoms with Crippen LogP contribution in [0.3, 0.4) is 0 Å². The lowest BCUT2D eigenvalue weighted by molar-refractivity contribution is 0.745. The number of fused-ring (bicyclic) bond motifs is 1. The maximum Gasteiger partial charge on any atom is 0.263 e. The molecule has 0 atom stereocenters. The molecule has 0 aliphatic rings. The maximum absolute atomic E-state index is 13.3. The Morgan fingerprint density at radius 1 is 0.963 bits per heavy atom. The molecule has 0 fully saturated rings. The lowest BCUT2D eigenvalue weighted by Gasteiger charge is -2.09. The zero-order valence-electron chi connectivity index (χ0n) is 16.0. The molecule has 0 N–H and O–H groups in total. The minimum absolute atomic E-state index is 0.0285. The Balaban J connectivity index is 1.91. The second-order valence-corrected chi connectivity index (χ2v) is 8.32. The third-order valence-electron chi connectivity index (χ3n) is 5.25. The van der Waals surface area contributed by atoms with Crippen molar-refractivity contribution >= 4 is 21.6 Å². The molecule has 4 aromatic rings. The van der Waals surface area contributed by atoms with Crippen molar-refractivity contribution in [3.8, 4) is 11.1 Å². The average molecular weight is 375 g/mol. The molecule has 4 heteroatoms. The lowest BCUT2D eigenvalue weighted by atomic mass is 9.99. The largest absolute Gasteiger partial charge is 0.294 e. The Kier molecular flexibility index (Phi) is 4.44. The highest BCUT2D eigenvalue weighted by Crippen LogP contribution is 2.36. The minimum Gasteiger partial charge on any atom is -0.294 e. The summed E-state index contributed by atoms with van der Waals surface area (Å²) in [7, 11) is 0. The van der Waals surface area contributed by atoms with Crippen LogP contribution in [0.5, 0.6) is 0 Å². The van der Waals surface area contributed by atoms with Gasteiger partial charge >= 0.3 is 0 Å². The van der Waals surface area contributed by atoms with Gasteiger partial charge in [-0.25, -0.2) is 4.98 Å². The third-order valence-corrected chi connectivity index (χ3v) is 6.27. The first-order valence-electron chi connectivity index (χ1n) is 9.06. The number of rotatable bonds is 3. The molecule has 0 saturated carbocycles. The summed E-state index contributed by atoms with van der Waals surface area (Å²) < 4.78 is 1.72. The molecule has 0 radical (unpaired) electrons. The van der Waals surface area contributed by atoms with E-state index in [0.29, 0.717) is 6.54 Å². The van der Waals surface area contributed by atoms with Crippen LogP contribution in [0.25, 0.3) is 21.3 Å². The summed E-state index contributed by atoms with van der Waals surface area (Å²) in [6, 6.07) is 14.6. The summed E-state index contributed by atoms with van der Waals surface area (Å²) >= 11 is 1.59. The highest BCUT2D eigenvalue weighted by Gasteiger charge is 2.17. The van der Waals surface area contributed by atoms with Gasteiger partial charge in [-0.2, -0.15) is 0 Å². The van der Waals surface area contributed by atoms with Gasteiger partial charge in [0.1, 0.15) is 4.83 Å². The van der Waals surface area contributed by atoms with Gasteiger partial charge in [-0.3, -0.25) is 9.36 Å². The van der Waals surface area contributed by atoms with Crippen LogP contribution in [0.15, 0.2) is 53.6 Å². The van der Waals surface area contributed by atoms with Crippen molar-refractivity contribution in [2.45, 2.75) is 34.2 Å². The molecule has 136 valence electrons. The van der Waals surface area contributed by atoms with E-state index in [1.807, 2.05) is 12.1 Å². The van der Waals surface area contributed by atoms with E-state index in [-0.39, 0.29) is 5.56 Å². The zero-order valence-corrected chi connectivity index (χ0v) is 16.9. The highest BCUT2D eigenvalue weighted by atomic mass is 32.1. The Morgan fingerprint density at radius 3 is 2.48 bits per heavy atom. The molecule has 0 unspecified atom stereocenters. The molecule has 4 rings (SSSR count). The van der Waals surface area contributed by atoms with Crippen LogP contribution in [-0.2, 0) is 6.54 Å². The second-order valence-electron chi connectivity index (χ2n) is 7.12. The smallest absolute Gasteiger partial charge is 0.263 e. The van der Waals surface area contributed by atoms with E-state index in [1.165, 1.54) is 16.7 Å². The molecule has 3 nitrogen and oxygen atoms in total. The Labute approximate surface area is 163 Å². The van der Waals surface area contributed by atoms with E-state index < -0.39 is 0 Å². The third kappa shape index (κ3) is 3.10.